The number of methoxy groups -OCH3 is 1. The molecule has 1 aliphatic rings. The van der Waals surface area contributed by atoms with Crippen molar-refractivity contribution in [2.75, 3.05) is 7.11 Å². The minimum atomic E-state index is -0.724. The number of ether oxygens (including phenoxy) is 2. The molecule has 0 aromatic heterocycles. The van der Waals surface area contributed by atoms with Gasteiger partial charge < -0.3 is 9.47 Å². The smallest absolute Gasteiger partial charge is 0.347 e. The maximum absolute atomic E-state index is 12.1. The third kappa shape index (κ3) is 5.51. The Kier molecular flexibility index (Phi) is 7.63. The van der Waals surface area contributed by atoms with Crippen LogP contribution in [-0.2, 0) is 19.1 Å². The van der Waals surface area contributed by atoms with E-state index >= 15 is 0 Å². The molecular formula is C16H28O4. The zero-order valence-corrected chi connectivity index (χ0v) is 13.0. The predicted octanol–water partition coefficient (Wildman–Crippen LogP) is 3.48. The summed E-state index contributed by atoms with van der Waals surface area (Å²) in [7, 11) is 1.34. The van der Waals surface area contributed by atoms with Crippen molar-refractivity contribution in [2.24, 2.45) is 11.8 Å². The summed E-state index contributed by atoms with van der Waals surface area (Å²) in [5.74, 6) is 0.00645. The molecule has 1 unspecified atom stereocenters. The highest BCUT2D eigenvalue weighted by Crippen LogP contribution is 2.29. The summed E-state index contributed by atoms with van der Waals surface area (Å²) in [5, 5.41) is 0. The second-order valence-electron chi connectivity index (χ2n) is 5.90. The quantitative estimate of drug-likeness (QED) is 0.530. The Morgan fingerprint density at radius 2 is 1.80 bits per heavy atom. The highest BCUT2D eigenvalue weighted by molar-refractivity contribution is 5.80. The molecule has 0 N–H and O–H groups in total. The van der Waals surface area contributed by atoms with Gasteiger partial charge >= 0.3 is 11.9 Å². The molecule has 4 heteroatoms. The van der Waals surface area contributed by atoms with Crippen LogP contribution in [0, 0.1) is 11.8 Å². The van der Waals surface area contributed by atoms with Crippen LogP contribution in [0.1, 0.15) is 65.2 Å². The lowest BCUT2D eigenvalue weighted by molar-refractivity contribution is -0.170. The molecule has 0 spiro atoms. The lowest BCUT2D eigenvalue weighted by atomic mass is 9.83. The SMILES string of the molecule is CCCCCC(OC(=O)C1CCC(C)CC1)C(=O)OC. The van der Waals surface area contributed by atoms with Gasteiger partial charge in [0.05, 0.1) is 13.0 Å². The van der Waals surface area contributed by atoms with Crippen LogP contribution in [0.3, 0.4) is 0 Å². The van der Waals surface area contributed by atoms with Gasteiger partial charge in [0, 0.05) is 0 Å². The van der Waals surface area contributed by atoms with Crippen LogP contribution < -0.4 is 0 Å². The van der Waals surface area contributed by atoms with Gasteiger partial charge in [0.25, 0.3) is 0 Å². The molecule has 20 heavy (non-hydrogen) atoms. The third-order valence-corrected chi connectivity index (χ3v) is 4.14. The van der Waals surface area contributed by atoms with E-state index in [1.807, 2.05) is 0 Å². The number of hydrogen-bond acceptors (Lipinski definition) is 4. The highest BCUT2D eigenvalue weighted by Gasteiger charge is 2.30. The average molecular weight is 284 g/mol. The zero-order valence-electron chi connectivity index (χ0n) is 13.0. The monoisotopic (exact) mass is 284 g/mol. The number of unbranched alkanes of at least 4 members (excludes halogenated alkanes) is 2. The van der Waals surface area contributed by atoms with E-state index in [9.17, 15) is 9.59 Å². The molecular weight excluding hydrogens is 256 g/mol. The molecule has 0 aliphatic heterocycles. The van der Waals surface area contributed by atoms with Crippen molar-refractivity contribution in [3.8, 4) is 0 Å². The molecule has 1 rings (SSSR count). The minimum Gasteiger partial charge on any atom is -0.466 e. The highest BCUT2D eigenvalue weighted by atomic mass is 16.6. The molecule has 1 aliphatic carbocycles. The normalized spacial score (nSPS) is 23.9. The van der Waals surface area contributed by atoms with E-state index in [0.29, 0.717) is 12.3 Å². The third-order valence-electron chi connectivity index (χ3n) is 4.14. The van der Waals surface area contributed by atoms with Gasteiger partial charge in [-0.05, 0) is 44.4 Å². The summed E-state index contributed by atoms with van der Waals surface area (Å²) in [6.45, 7) is 4.31. The number of carbonyl (C=O) groups excluding carboxylic acids is 2. The van der Waals surface area contributed by atoms with E-state index in [1.54, 1.807) is 0 Å². The molecule has 0 saturated heterocycles. The van der Waals surface area contributed by atoms with Crippen molar-refractivity contribution >= 4 is 11.9 Å². The van der Waals surface area contributed by atoms with Gasteiger partial charge in [0.15, 0.2) is 6.10 Å². The largest absolute Gasteiger partial charge is 0.466 e. The summed E-state index contributed by atoms with van der Waals surface area (Å²) >= 11 is 0. The Hall–Kier alpha value is -1.06. The van der Waals surface area contributed by atoms with Crippen LogP contribution in [0.4, 0.5) is 0 Å². The summed E-state index contributed by atoms with van der Waals surface area (Å²) in [6, 6.07) is 0. The molecule has 1 atom stereocenters. The Morgan fingerprint density at radius 3 is 2.35 bits per heavy atom. The Bertz CT molecular complexity index is 306. The number of esters is 2. The van der Waals surface area contributed by atoms with Crippen LogP contribution in [-0.4, -0.2) is 25.2 Å². The van der Waals surface area contributed by atoms with E-state index in [2.05, 4.69) is 13.8 Å². The topological polar surface area (TPSA) is 52.6 Å². The Balaban J connectivity index is 2.46. The molecule has 0 amide bonds. The van der Waals surface area contributed by atoms with Crippen LogP contribution >= 0.6 is 0 Å². The van der Waals surface area contributed by atoms with Crippen molar-refractivity contribution in [1.29, 1.82) is 0 Å². The Morgan fingerprint density at radius 1 is 1.15 bits per heavy atom. The van der Waals surface area contributed by atoms with Gasteiger partial charge in [0.2, 0.25) is 0 Å². The van der Waals surface area contributed by atoms with E-state index in [0.717, 1.165) is 44.9 Å². The molecule has 4 nitrogen and oxygen atoms in total. The van der Waals surface area contributed by atoms with Gasteiger partial charge in [-0.25, -0.2) is 4.79 Å². The Labute approximate surface area is 122 Å². The molecule has 0 heterocycles. The fourth-order valence-corrected chi connectivity index (χ4v) is 2.67. The number of carbonyl (C=O) groups is 2. The maximum atomic E-state index is 12.1. The first-order valence-corrected chi connectivity index (χ1v) is 7.86. The predicted molar refractivity (Wildman–Crippen MR) is 77.2 cm³/mol. The summed E-state index contributed by atoms with van der Waals surface area (Å²) in [4.78, 5) is 23.8. The first-order chi connectivity index (χ1) is 9.58. The molecule has 0 aromatic carbocycles. The summed E-state index contributed by atoms with van der Waals surface area (Å²) in [6.07, 6.45) is 6.72. The van der Waals surface area contributed by atoms with E-state index in [1.165, 1.54) is 7.11 Å². The van der Waals surface area contributed by atoms with E-state index in [-0.39, 0.29) is 11.9 Å². The second kappa shape index (κ2) is 8.98. The molecule has 0 bridgehead atoms. The van der Waals surface area contributed by atoms with Gasteiger partial charge in [-0.3, -0.25) is 4.79 Å². The van der Waals surface area contributed by atoms with Crippen LogP contribution in [0.5, 0.6) is 0 Å². The fraction of sp³-hybridized carbons (Fsp3) is 0.875. The lowest BCUT2D eigenvalue weighted by Gasteiger charge is -2.26. The van der Waals surface area contributed by atoms with Gasteiger partial charge in [-0.15, -0.1) is 0 Å². The van der Waals surface area contributed by atoms with Crippen LogP contribution in [0.15, 0.2) is 0 Å². The molecule has 0 aromatic rings. The van der Waals surface area contributed by atoms with Crippen molar-refractivity contribution in [2.45, 2.75) is 71.3 Å². The fourth-order valence-electron chi connectivity index (χ4n) is 2.67. The van der Waals surface area contributed by atoms with Crippen molar-refractivity contribution in [1.82, 2.24) is 0 Å². The average Bonchev–Trinajstić information content (AvgIpc) is 2.46. The standard InChI is InChI=1S/C16H28O4/c1-4-5-6-7-14(16(18)19-3)20-15(17)13-10-8-12(2)9-11-13/h12-14H,4-11H2,1-3H3. The van der Waals surface area contributed by atoms with Crippen LogP contribution in [0.25, 0.3) is 0 Å². The minimum absolute atomic E-state index is 0.0375. The van der Waals surface area contributed by atoms with Crippen molar-refractivity contribution in [3.63, 3.8) is 0 Å². The number of hydrogen-bond donors (Lipinski definition) is 0. The van der Waals surface area contributed by atoms with E-state index in [4.69, 9.17) is 9.47 Å². The zero-order chi connectivity index (χ0) is 15.0. The van der Waals surface area contributed by atoms with E-state index < -0.39 is 12.1 Å². The summed E-state index contributed by atoms with van der Waals surface area (Å²) < 4.78 is 10.1. The summed E-state index contributed by atoms with van der Waals surface area (Å²) in [5.41, 5.74) is 0. The van der Waals surface area contributed by atoms with Crippen molar-refractivity contribution in [3.05, 3.63) is 0 Å². The molecule has 1 saturated carbocycles. The van der Waals surface area contributed by atoms with Crippen LogP contribution in [0.2, 0.25) is 0 Å². The molecule has 1 fully saturated rings. The van der Waals surface area contributed by atoms with Crippen molar-refractivity contribution < 1.29 is 19.1 Å². The first-order valence-electron chi connectivity index (χ1n) is 7.86. The molecule has 116 valence electrons. The lowest BCUT2D eigenvalue weighted by Crippen LogP contribution is -2.32. The van der Waals surface area contributed by atoms with Gasteiger partial charge in [-0.1, -0.05) is 26.7 Å². The maximum Gasteiger partial charge on any atom is 0.347 e. The molecule has 0 radical (unpaired) electrons. The number of rotatable bonds is 7. The van der Waals surface area contributed by atoms with Gasteiger partial charge in [0.1, 0.15) is 0 Å². The second-order valence-corrected chi connectivity index (χ2v) is 5.90. The van der Waals surface area contributed by atoms with Gasteiger partial charge in [-0.2, -0.15) is 0 Å². The first kappa shape index (κ1) is 17.0.